The fourth-order valence-corrected chi connectivity index (χ4v) is 3.96. The van der Waals surface area contributed by atoms with Crippen LogP contribution in [0.25, 0.3) is 0 Å². The number of rotatable bonds is 6. The molecule has 0 aromatic carbocycles. The van der Waals surface area contributed by atoms with Crippen LogP contribution in [0.2, 0.25) is 0 Å². The van der Waals surface area contributed by atoms with E-state index in [1.807, 2.05) is 0 Å². The van der Waals surface area contributed by atoms with Crippen LogP contribution in [0.4, 0.5) is 4.39 Å². The zero-order valence-electron chi connectivity index (χ0n) is 15.9. The molecule has 4 nitrogen and oxygen atoms in total. The molecule has 0 radical (unpaired) electrons. The summed E-state index contributed by atoms with van der Waals surface area (Å²) >= 11 is 0. The van der Waals surface area contributed by atoms with Gasteiger partial charge in [-0.15, -0.1) is 0 Å². The van der Waals surface area contributed by atoms with Gasteiger partial charge in [-0.1, -0.05) is 6.92 Å². The van der Waals surface area contributed by atoms with Gasteiger partial charge in [-0.05, 0) is 34.2 Å². The van der Waals surface area contributed by atoms with E-state index in [-0.39, 0.29) is 18.3 Å². The van der Waals surface area contributed by atoms with Gasteiger partial charge in [0, 0.05) is 63.9 Å². The number of nitrogens with zero attached hydrogens (tertiary/aromatic N) is 4. The van der Waals surface area contributed by atoms with Crippen LogP contribution in [0.5, 0.6) is 0 Å². The molecule has 0 spiro atoms. The Bertz CT molecular complexity index is 357. The second kappa shape index (κ2) is 8.24. The van der Waals surface area contributed by atoms with Crippen molar-refractivity contribution in [2.75, 3.05) is 66.1 Å². The summed E-state index contributed by atoms with van der Waals surface area (Å²) in [5, 5.41) is 0. The van der Waals surface area contributed by atoms with Gasteiger partial charge in [0.25, 0.3) is 0 Å². The zero-order chi connectivity index (χ0) is 17.0. The Kier molecular flexibility index (Phi) is 6.84. The van der Waals surface area contributed by atoms with Crippen LogP contribution in [-0.4, -0.2) is 103 Å². The van der Waals surface area contributed by atoms with E-state index in [2.05, 4.69) is 54.3 Å². The van der Waals surface area contributed by atoms with Gasteiger partial charge >= 0.3 is 0 Å². The van der Waals surface area contributed by atoms with Crippen molar-refractivity contribution in [1.82, 2.24) is 19.6 Å². The molecule has 2 aliphatic heterocycles. The molecule has 2 unspecified atom stereocenters. The third kappa shape index (κ3) is 4.65. The second-order valence-corrected chi connectivity index (χ2v) is 7.99. The minimum atomic E-state index is -0.236. The average Bonchev–Trinajstić information content (AvgIpc) is 2.55. The molecule has 0 N–H and O–H groups in total. The maximum Gasteiger partial charge on any atom is 0.106 e. The molecule has 0 aromatic rings. The van der Waals surface area contributed by atoms with Crippen LogP contribution in [0.15, 0.2) is 0 Å². The van der Waals surface area contributed by atoms with E-state index >= 15 is 0 Å². The van der Waals surface area contributed by atoms with Crippen LogP contribution in [0.3, 0.4) is 0 Å². The lowest BCUT2D eigenvalue weighted by atomic mass is 9.93. The van der Waals surface area contributed by atoms with E-state index in [0.29, 0.717) is 6.04 Å². The summed E-state index contributed by atoms with van der Waals surface area (Å²) < 4.78 is 13.3. The summed E-state index contributed by atoms with van der Waals surface area (Å²) in [4.78, 5) is 9.90. The van der Waals surface area contributed by atoms with Crippen LogP contribution in [0.1, 0.15) is 34.1 Å². The minimum Gasteiger partial charge on any atom is -0.299 e. The minimum absolute atomic E-state index is 0.0624. The third-order valence-corrected chi connectivity index (χ3v) is 6.18. The highest BCUT2D eigenvalue weighted by molar-refractivity contribution is 4.94. The summed E-state index contributed by atoms with van der Waals surface area (Å²) in [5.74, 6) is 0. The molecule has 23 heavy (non-hydrogen) atoms. The number of hydrogen-bond acceptors (Lipinski definition) is 4. The second-order valence-electron chi connectivity index (χ2n) is 7.99. The lowest BCUT2D eigenvalue weighted by Crippen LogP contribution is -2.63. The first-order valence-electron chi connectivity index (χ1n) is 9.37. The molecule has 2 aliphatic rings. The molecule has 136 valence electrons. The molecule has 0 aliphatic carbocycles. The first kappa shape index (κ1) is 19.1. The zero-order valence-corrected chi connectivity index (χ0v) is 15.9. The van der Waals surface area contributed by atoms with Crippen molar-refractivity contribution in [3.63, 3.8) is 0 Å². The van der Waals surface area contributed by atoms with Gasteiger partial charge in [-0.25, -0.2) is 4.39 Å². The van der Waals surface area contributed by atoms with Gasteiger partial charge < -0.3 is 0 Å². The van der Waals surface area contributed by atoms with Crippen LogP contribution < -0.4 is 0 Å². The number of alkyl halides is 1. The largest absolute Gasteiger partial charge is 0.299 e. The van der Waals surface area contributed by atoms with Crippen molar-refractivity contribution in [1.29, 1.82) is 0 Å². The van der Waals surface area contributed by atoms with E-state index in [1.165, 1.54) is 13.1 Å². The molecule has 2 atom stereocenters. The molecule has 0 bridgehead atoms. The smallest absolute Gasteiger partial charge is 0.106 e. The van der Waals surface area contributed by atoms with Crippen molar-refractivity contribution in [3.05, 3.63) is 0 Å². The highest BCUT2D eigenvalue weighted by atomic mass is 19.1. The molecule has 0 amide bonds. The van der Waals surface area contributed by atoms with E-state index in [4.69, 9.17) is 0 Å². The Morgan fingerprint density at radius 3 is 2.26 bits per heavy atom. The lowest BCUT2D eigenvalue weighted by molar-refractivity contribution is -0.0173. The van der Waals surface area contributed by atoms with E-state index < -0.39 is 0 Å². The molecule has 5 heteroatoms. The Labute approximate surface area is 142 Å². The normalized spacial score (nSPS) is 29.1. The third-order valence-electron chi connectivity index (χ3n) is 6.18. The van der Waals surface area contributed by atoms with Gasteiger partial charge in [0.1, 0.15) is 6.67 Å². The lowest BCUT2D eigenvalue weighted by Gasteiger charge is -2.50. The fraction of sp³-hybridized carbons (Fsp3) is 1.00. The van der Waals surface area contributed by atoms with Gasteiger partial charge in [0.05, 0.1) is 6.04 Å². The predicted octanol–water partition coefficient (Wildman–Crippen LogP) is 1.77. The molecule has 0 aromatic heterocycles. The molecular weight excluding hydrogens is 291 g/mol. The molecule has 2 saturated heterocycles. The number of likely N-dealkylation sites (N-methyl/N-ethyl adjacent to an activating group) is 1. The van der Waals surface area contributed by atoms with Crippen molar-refractivity contribution >= 4 is 0 Å². The number of piperazine rings is 2. The Morgan fingerprint density at radius 2 is 1.74 bits per heavy atom. The van der Waals surface area contributed by atoms with Gasteiger partial charge in [-0.3, -0.25) is 19.6 Å². The maximum atomic E-state index is 13.3. The van der Waals surface area contributed by atoms with E-state index in [1.54, 1.807) is 0 Å². The summed E-state index contributed by atoms with van der Waals surface area (Å²) in [7, 11) is 2.05. The van der Waals surface area contributed by atoms with Crippen LogP contribution in [-0.2, 0) is 0 Å². The van der Waals surface area contributed by atoms with Crippen molar-refractivity contribution in [2.45, 2.75) is 51.7 Å². The van der Waals surface area contributed by atoms with Crippen molar-refractivity contribution < 1.29 is 4.39 Å². The summed E-state index contributed by atoms with van der Waals surface area (Å²) in [6.07, 6.45) is 1.13. The summed E-state index contributed by atoms with van der Waals surface area (Å²) in [6, 6.07) is 0.713. The highest BCUT2D eigenvalue weighted by Crippen LogP contribution is 2.25. The maximum absolute atomic E-state index is 13.3. The first-order valence-corrected chi connectivity index (χ1v) is 9.37. The highest BCUT2D eigenvalue weighted by Gasteiger charge is 2.37. The SMILES string of the molecule is CCC(C)(CN1CCN(C(C)C)CC1)N1CCN(C)C(CF)C1. The van der Waals surface area contributed by atoms with Crippen LogP contribution >= 0.6 is 0 Å². The van der Waals surface area contributed by atoms with E-state index in [0.717, 1.165) is 45.7 Å². The average molecular weight is 329 g/mol. The Hall–Kier alpha value is -0.230. The van der Waals surface area contributed by atoms with Crippen molar-refractivity contribution in [2.24, 2.45) is 0 Å². The number of hydrogen-bond donors (Lipinski definition) is 0. The topological polar surface area (TPSA) is 13.0 Å². The molecule has 2 rings (SSSR count). The Balaban J connectivity index is 1.93. The Morgan fingerprint density at radius 1 is 1.09 bits per heavy atom. The first-order chi connectivity index (χ1) is 10.9. The standard InChI is InChI=1S/C18H37FN4/c1-6-18(4,23-12-7-20(5)17(13-19)14-23)15-21-8-10-22(11-9-21)16(2)3/h16-17H,6-15H2,1-5H3. The van der Waals surface area contributed by atoms with Gasteiger partial charge in [0.2, 0.25) is 0 Å². The fourth-order valence-electron chi connectivity index (χ4n) is 3.96. The van der Waals surface area contributed by atoms with E-state index in [9.17, 15) is 4.39 Å². The van der Waals surface area contributed by atoms with Crippen LogP contribution in [0, 0.1) is 0 Å². The molecule has 2 heterocycles. The molecule has 2 fully saturated rings. The quantitative estimate of drug-likeness (QED) is 0.737. The molecular formula is C18H37FN4. The van der Waals surface area contributed by atoms with Gasteiger partial charge in [0.15, 0.2) is 0 Å². The predicted molar refractivity (Wildman–Crippen MR) is 95.8 cm³/mol. The number of halogens is 1. The summed E-state index contributed by atoms with van der Waals surface area (Å²) in [6.45, 7) is 17.7. The molecule has 0 saturated carbocycles. The van der Waals surface area contributed by atoms with Crippen molar-refractivity contribution in [3.8, 4) is 0 Å². The summed E-state index contributed by atoms with van der Waals surface area (Å²) in [5.41, 5.74) is 0.161. The van der Waals surface area contributed by atoms with Gasteiger partial charge in [-0.2, -0.15) is 0 Å². The monoisotopic (exact) mass is 328 g/mol.